The van der Waals surface area contributed by atoms with Gasteiger partial charge in [0.25, 0.3) is 5.91 Å². The molecule has 0 unspecified atom stereocenters. The van der Waals surface area contributed by atoms with Gasteiger partial charge in [0.1, 0.15) is 11.5 Å². The van der Waals surface area contributed by atoms with E-state index < -0.39 is 0 Å². The fraction of sp³-hybridized carbons (Fsp3) is 0.0625. The van der Waals surface area contributed by atoms with Crippen LogP contribution in [0.25, 0.3) is 11.6 Å². The molecule has 0 saturated carbocycles. The molecule has 1 aliphatic rings. The zero-order chi connectivity index (χ0) is 15.0. The van der Waals surface area contributed by atoms with Crippen LogP contribution in [0, 0.1) is 0 Å². The van der Waals surface area contributed by atoms with Crippen LogP contribution in [0.15, 0.2) is 40.9 Å². The molecule has 106 valence electrons. The molecule has 2 N–H and O–H groups in total. The number of ether oxygens (including phenoxy) is 1. The number of aromatic hydroxyl groups is 1. The summed E-state index contributed by atoms with van der Waals surface area (Å²) in [6.07, 6.45) is 1.66. The Hall–Kier alpha value is -2.27. The molecule has 1 amide bonds. The quantitative estimate of drug-likeness (QED) is 0.816. The Labute approximate surface area is 130 Å². The molecule has 0 bridgehead atoms. The third kappa shape index (κ3) is 2.52. The van der Waals surface area contributed by atoms with Crippen molar-refractivity contribution < 1.29 is 14.6 Å². The van der Waals surface area contributed by atoms with Crippen LogP contribution in [-0.4, -0.2) is 18.1 Å². The van der Waals surface area contributed by atoms with Gasteiger partial charge in [-0.05, 0) is 42.5 Å². The first-order valence-electron chi connectivity index (χ1n) is 6.28. The maximum absolute atomic E-state index is 12.1. The number of fused-ring (bicyclic) bond motifs is 1. The molecule has 4 nitrogen and oxygen atoms in total. The average Bonchev–Trinajstić information content (AvgIpc) is 2.77. The first kappa shape index (κ1) is 13.7. The Morgan fingerprint density at radius 2 is 2.05 bits per heavy atom. The summed E-state index contributed by atoms with van der Waals surface area (Å²) >= 11 is 3.40. The Bertz CT molecular complexity index is 768. The van der Waals surface area contributed by atoms with Crippen molar-refractivity contribution >= 4 is 39.2 Å². The topological polar surface area (TPSA) is 58.6 Å². The highest BCUT2D eigenvalue weighted by atomic mass is 79.9. The molecule has 21 heavy (non-hydrogen) atoms. The molecule has 1 heterocycles. The van der Waals surface area contributed by atoms with Crippen LogP contribution >= 0.6 is 15.9 Å². The van der Waals surface area contributed by atoms with Gasteiger partial charge in [-0.2, -0.15) is 0 Å². The Morgan fingerprint density at radius 1 is 1.24 bits per heavy atom. The van der Waals surface area contributed by atoms with E-state index in [1.165, 1.54) is 0 Å². The van der Waals surface area contributed by atoms with Gasteiger partial charge in [0.05, 0.1) is 7.11 Å². The minimum Gasteiger partial charge on any atom is -0.507 e. The van der Waals surface area contributed by atoms with E-state index in [4.69, 9.17) is 4.74 Å². The van der Waals surface area contributed by atoms with Crippen molar-refractivity contribution in [2.75, 3.05) is 12.4 Å². The summed E-state index contributed by atoms with van der Waals surface area (Å²) in [4.78, 5) is 12.1. The number of phenolic OH excluding ortho intramolecular Hbond substituents is 1. The highest BCUT2D eigenvalue weighted by Gasteiger charge is 2.24. The second-order valence-corrected chi connectivity index (χ2v) is 5.54. The van der Waals surface area contributed by atoms with Gasteiger partial charge >= 0.3 is 0 Å². The van der Waals surface area contributed by atoms with Gasteiger partial charge in [-0.25, -0.2) is 0 Å². The van der Waals surface area contributed by atoms with Crippen molar-refractivity contribution in [2.24, 2.45) is 0 Å². The molecule has 0 saturated heterocycles. The molecule has 0 aromatic heterocycles. The Morgan fingerprint density at radius 3 is 2.81 bits per heavy atom. The fourth-order valence-electron chi connectivity index (χ4n) is 2.23. The summed E-state index contributed by atoms with van der Waals surface area (Å²) in [5, 5.41) is 12.7. The lowest BCUT2D eigenvalue weighted by molar-refractivity contribution is -0.110. The highest BCUT2D eigenvalue weighted by Crippen LogP contribution is 2.36. The molecule has 2 aromatic carbocycles. The number of hydrogen-bond acceptors (Lipinski definition) is 3. The molecule has 0 atom stereocenters. The zero-order valence-corrected chi connectivity index (χ0v) is 12.8. The maximum Gasteiger partial charge on any atom is 0.256 e. The zero-order valence-electron chi connectivity index (χ0n) is 11.2. The summed E-state index contributed by atoms with van der Waals surface area (Å²) in [5.74, 6) is 0.525. The van der Waals surface area contributed by atoms with Crippen LogP contribution in [-0.2, 0) is 4.79 Å². The number of carbonyl (C=O) groups excluding carboxylic acids is 1. The molecule has 1 aliphatic heterocycles. The van der Waals surface area contributed by atoms with E-state index in [-0.39, 0.29) is 11.7 Å². The predicted octanol–water partition coefficient (Wildman–Crippen LogP) is 3.66. The molecule has 0 spiro atoms. The monoisotopic (exact) mass is 345 g/mol. The average molecular weight is 346 g/mol. The van der Waals surface area contributed by atoms with Crippen LogP contribution < -0.4 is 10.1 Å². The normalized spacial score (nSPS) is 15.0. The number of benzene rings is 2. The standard InChI is InChI=1S/C16H12BrNO3/c1-21-11-3-5-15(19)9(6-11)7-13-12-8-10(17)2-4-14(12)18-16(13)20/h2-8,19H,1H3,(H,18,20)/b13-7+. The number of carbonyl (C=O) groups is 1. The van der Waals surface area contributed by atoms with E-state index in [1.54, 1.807) is 31.4 Å². The van der Waals surface area contributed by atoms with E-state index in [2.05, 4.69) is 21.2 Å². The Balaban J connectivity index is 2.13. The van der Waals surface area contributed by atoms with Gasteiger partial charge in [0, 0.05) is 26.9 Å². The van der Waals surface area contributed by atoms with Gasteiger partial charge in [-0.1, -0.05) is 15.9 Å². The summed E-state index contributed by atoms with van der Waals surface area (Å²) in [5.41, 5.74) is 2.61. The van der Waals surface area contributed by atoms with Crippen molar-refractivity contribution in [1.29, 1.82) is 0 Å². The lowest BCUT2D eigenvalue weighted by Gasteiger charge is -2.05. The van der Waals surface area contributed by atoms with Crippen molar-refractivity contribution in [3.05, 3.63) is 52.0 Å². The number of anilines is 1. The summed E-state index contributed by atoms with van der Waals surface area (Å²) in [7, 11) is 1.55. The third-order valence-corrected chi connectivity index (χ3v) is 3.79. The lowest BCUT2D eigenvalue weighted by atomic mass is 10.0. The van der Waals surface area contributed by atoms with E-state index in [0.29, 0.717) is 16.9 Å². The van der Waals surface area contributed by atoms with Crippen molar-refractivity contribution in [2.45, 2.75) is 0 Å². The first-order valence-corrected chi connectivity index (χ1v) is 7.08. The molecular weight excluding hydrogens is 334 g/mol. The van der Waals surface area contributed by atoms with Gasteiger partial charge < -0.3 is 15.2 Å². The summed E-state index contributed by atoms with van der Waals surface area (Å²) < 4.78 is 6.03. The Kier molecular flexibility index (Phi) is 3.43. The predicted molar refractivity (Wildman–Crippen MR) is 85.3 cm³/mol. The molecule has 2 aromatic rings. The smallest absolute Gasteiger partial charge is 0.256 e. The summed E-state index contributed by atoms with van der Waals surface area (Å²) in [6, 6.07) is 10.5. The number of phenols is 1. The number of rotatable bonds is 2. The van der Waals surface area contributed by atoms with Gasteiger partial charge in [-0.3, -0.25) is 4.79 Å². The molecule has 3 rings (SSSR count). The summed E-state index contributed by atoms with van der Waals surface area (Å²) in [6.45, 7) is 0. The number of methoxy groups -OCH3 is 1. The van der Waals surface area contributed by atoms with Gasteiger partial charge in [-0.15, -0.1) is 0 Å². The van der Waals surface area contributed by atoms with Gasteiger partial charge in [0.2, 0.25) is 0 Å². The van der Waals surface area contributed by atoms with Crippen LogP contribution in [0.5, 0.6) is 11.5 Å². The number of nitrogens with one attached hydrogen (secondary N) is 1. The van der Waals surface area contributed by atoms with Crippen LogP contribution in [0.3, 0.4) is 0 Å². The molecular formula is C16H12BrNO3. The molecule has 0 radical (unpaired) electrons. The van der Waals surface area contributed by atoms with E-state index in [9.17, 15) is 9.90 Å². The largest absolute Gasteiger partial charge is 0.507 e. The van der Waals surface area contributed by atoms with Crippen LogP contribution in [0.1, 0.15) is 11.1 Å². The van der Waals surface area contributed by atoms with Crippen LogP contribution in [0.2, 0.25) is 0 Å². The maximum atomic E-state index is 12.1. The fourth-order valence-corrected chi connectivity index (χ4v) is 2.60. The van der Waals surface area contributed by atoms with Crippen molar-refractivity contribution in [3.8, 4) is 11.5 Å². The SMILES string of the molecule is COc1ccc(O)c(/C=C2/C(=O)Nc3ccc(Br)cc32)c1. The first-order chi connectivity index (χ1) is 10.1. The van der Waals surface area contributed by atoms with Gasteiger partial charge in [0.15, 0.2) is 0 Å². The minimum atomic E-state index is -0.190. The second-order valence-electron chi connectivity index (χ2n) is 4.63. The number of amides is 1. The second kappa shape index (κ2) is 5.26. The molecule has 0 aliphatic carbocycles. The molecule has 0 fully saturated rings. The van der Waals surface area contributed by atoms with Crippen LogP contribution in [0.4, 0.5) is 5.69 Å². The van der Waals surface area contributed by atoms with E-state index >= 15 is 0 Å². The van der Waals surface area contributed by atoms with E-state index in [0.717, 1.165) is 15.7 Å². The molecule has 5 heteroatoms. The van der Waals surface area contributed by atoms with Crippen molar-refractivity contribution in [1.82, 2.24) is 0 Å². The minimum absolute atomic E-state index is 0.0968. The number of halogens is 1. The van der Waals surface area contributed by atoms with Crippen molar-refractivity contribution in [3.63, 3.8) is 0 Å². The lowest BCUT2D eigenvalue weighted by Crippen LogP contribution is -2.03. The highest BCUT2D eigenvalue weighted by molar-refractivity contribution is 9.10. The van der Waals surface area contributed by atoms with E-state index in [1.807, 2.05) is 18.2 Å². The number of hydrogen-bond donors (Lipinski definition) is 2. The third-order valence-electron chi connectivity index (χ3n) is 3.30.